The van der Waals surface area contributed by atoms with Crippen LogP contribution in [0, 0.1) is 27.9 Å². The first-order valence-electron chi connectivity index (χ1n) is 4.34. The fourth-order valence-corrected chi connectivity index (χ4v) is 1.38. The highest BCUT2D eigenvalue weighted by atomic mass is 16.5. The Balaban J connectivity index is 2.41. The summed E-state index contributed by atoms with van der Waals surface area (Å²) in [5.74, 6) is -1.95. The Labute approximate surface area is 94.5 Å². The van der Waals surface area contributed by atoms with E-state index < -0.39 is 28.5 Å². The van der Waals surface area contributed by atoms with Crippen LogP contribution in [0.1, 0.15) is 0 Å². The molecule has 2 aliphatic rings. The minimum Gasteiger partial charge on any atom is -0.620 e. The summed E-state index contributed by atoms with van der Waals surface area (Å²) in [5, 5.41) is 28.1. The summed E-state index contributed by atoms with van der Waals surface area (Å²) in [4.78, 5) is 26.7. The van der Waals surface area contributed by atoms with Gasteiger partial charge in [-0.05, 0) is 0 Å². The molecular weight excluding hydrogens is 226 g/mol. The molecule has 8 heteroatoms. The smallest absolute Gasteiger partial charge is 0.325 e. The maximum absolute atomic E-state index is 11.6. The van der Waals surface area contributed by atoms with Gasteiger partial charge in [0.1, 0.15) is 6.07 Å². The number of nitrogens with zero attached hydrogens (tertiary/aromatic N) is 4. The van der Waals surface area contributed by atoms with Gasteiger partial charge in [0.05, 0.1) is 0 Å². The third-order valence-electron chi connectivity index (χ3n) is 2.12. The highest BCUT2D eigenvalue weighted by Gasteiger charge is 2.39. The van der Waals surface area contributed by atoms with Crippen LogP contribution < -0.4 is 5.06 Å². The van der Waals surface area contributed by atoms with E-state index in [9.17, 15) is 14.8 Å². The average Bonchev–Trinajstić information content (AvgIpc) is 2.80. The van der Waals surface area contributed by atoms with E-state index in [4.69, 9.17) is 10.5 Å². The predicted octanol–water partition coefficient (Wildman–Crippen LogP) is -2.08. The van der Waals surface area contributed by atoms with Crippen molar-refractivity contribution in [3.05, 3.63) is 28.8 Å². The standard InChI is InChI=1S/C9H3N5O3/c10-3-5-6(4-11)14(17)9(12-5)13-7(15)1-2-8(13)16/h1-2,14H. The lowest BCUT2D eigenvalue weighted by Gasteiger charge is -2.20. The first-order valence-corrected chi connectivity index (χ1v) is 4.34. The summed E-state index contributed by atoms with van der Waals surface area (Å²) in [5.41, 5.74) is -0.852. The summed E-state index contributed by atoms with van der Waals surface area (Å²) in [6, 6.07) is 3.08. The Bertz CT molecular complexity index is 583. The highest BCUT2D eigenvalue weighted by molar-refractivity contribution is 6.22. The van der Waals surface area contributed by atoms with Crippen molar-refractivity contribution in [3.8, 4) is 12.1 Å². The Hall–Kier alpha value is -2.81. The molecule has 2 heterocycles. The lowest BCUT2D eigenvalue weighted by molar-refractivity contribution is -0.698. The number of carbonyl (C=O) groups excluding carboxylic acids is 2. The highest BCUT2D eigenvalue weighted by Crippen LogP contribution is 2.10. The SMILES string of the molecule is N#CC1=C(C#N)[NH+]([O-])C(N2C(=O)C=CC2=O)=N1. The monoisotopic (exact) mass is 229 g/mol. The van der Waals surface area contributed by atoms with Crippen LogP contribution in [0.3, 0.4) is 0 Å². The van der Waals surface area contributed by atoms with Crippen LogP contribution >= 0.6 is 0 Å². The van der Waals surface area contributed by atoms with Gasteiger partial charge in [-0.15, -0.1) is 0 Å². The molecule has 0 bridgehead atoms. The van der Waals surface area contributed by atoms with Crippen LogP contribution in [-0.4, -0.2) is 22.7 Å². The first-order chi connectivity index (χ1) is 8.10. The summed E-state index contributed by atoms with van der Waals surface area (Å²) < 4.78 is 0. The van der Waals surface area contributed by atoms with Gasteiger partial charge in [-0.2, -0.15) is 20.4 Å². The number of rotatable bonds is 0. The number of amides is 2. The molecule has 82 valence electrons. The minimum atomic E-state index is -0.894. The first kappa shape index (κ1) is 10.7. The Kier molecular flexibility index (Phi) is 2.29. The van der Waals surface area contributed by atoms with Crippen molar-refractivity contribution in [1.29, 1.82) is 10.5 Å². The third-order valence-corrected chi connectivity index (χ3v) is 2.12. The van der Waals surface area contributed by atoms with E-state index in [1.807, 2.05) is 0 Å². The summed E-state index contributed by atoms with van der Waals surface area (Å²) >= 11 is 0. The topological polar surface area (TPSA) is 125 Å². The molecule has 0 aromatic rings. The second kappa shape index (κ2) is 3.64. The second-order valence-electron chi connectivity index (χ2n) is 3.06. The zero-order valence-electron chi connectivity index (χ0n) is 8.17. The Morgan fingerprint density at radius 3 is 2.24 bits per heavy atom. The van der Waals surface area contributed by atoms with Crippen molar-refractivity contribution in [1.82, 2.24) is 4.90 Å². The number of quaternary nitrogens is 1. The molecule has 8 nitrogen and oxygen atoms in total. The molecule has 0 saturated heterocycles. The summed E-state index contributed by atoms with van der Waals surface area (Å²) in [6.45, 7) is 0. The molecule has 0 fully saturated rings. The van der Waals surface area contributed by atoms with Crippen molar-refractivity contribution in [2.75, 3.05) is 0 Å². The molecule has 17 heavy (non-hydrogen) atoms. The van der Waals surface area contributed by atoms with E-state index in [2.05, 4.69) is 4.99 Å². The number of aliphatic imine (C=N–C) groups is 1. The predicted molar refractivity (Wildman–Crippen MR) is 51.0 cm³/mol. The van der Waals surface area contributed by atoms with Crippen molar-refractivity contribution < 1.29 is 14.7 Å². The van der Waals surface area contributed by atoms with Crippen molar-refractivity contribution in [2.45, 2.75) is 0 Å². The maximum atomic E-state index is 11.6. The third kappa shape index (κ3) is 1.41. The molecule has 0 aromatic carbocycles. The molecule has 1 atom stereocenters. The van der Waals surface area contributed by atoms with E-state index in [0.29, 0.717) is 4.90 Å². The van der Waals surface area contributed by atoms with E-state index in [0.717, 1.165) is 12.2 Å². The largest absolute Gasteiger partial charge is 0.620 e. The Morgan fingerprint density at radius 1 is 1.24 bits per heavy atom. The average molecular weight is 229 g/mol. The van der Waals surface area contributed by atoms with Crippen LogP contribution in [0.2, 0.25) is 0 Å². The zero-order valence-corrected chi connectivity index (χ0v) is 8.17. The molecule has 0 radical (unpaired) electrons. The van der Waals surface area contributed by atoms with Gasteiger partial charge < -0.3 is 5.21 Å². The van der Waals surface area contributed by atoms with Crippen LogP contribution in [0.4, 0.5) is 0 Å². The Morgan fingerprint density at radius 2 is 1.82 bits per heavy atom. The van der Waals surface area contributed by atoms with Gasteiger partial charge in [-0.3, -0.25) is 14.7 Å². The maximum Gasteiger partial charge on any atom is 0.325 e. The lowest BCUT2D eigenvalue weighted by atomic mass is 10.4. The number of nitrogens with one attached hydrogen (secondary N) is 1. The van der Waals surface area contributed by atoms with Gasteiger partial charge in [0, 0.05) is 12.2 Å². The second-order valence-corrected chi connectivity index (χ2v) is 3.06. The molecule has 0 saturated carbocycles. The minimum absolute atomic E-state index is 0.389. The molecule has 0 aliphatic carbocycles. The van der Waals surface area contributed by atoms with E-state index in [1.165, 1.54) is 6.07 Å². The summed E-state index contributed by atoms with van der Waals surface area (Å²) in [6.07, 6.45) is 1.96. The number of hydroxylamine groups is 2. The zero-order chi connectivity index (χ0) is 12.6. The number of imide groups is 1. The summed E-state index contributed by atoms with van der Waals surface area (Å²) in [7, 11) is 0. The van der Waals surface area contributed by atoms with Crippen LogP contribution in [0.25, 0.3) is 0 Å². The molecule has 0 aromatic heterocycles. The molecule has 0 spiro atoms. The van der Waals surface area contributed by atoms with Gasteiger partial charge in [0.25, 0.3) is 17.5 Å². The van der Waals surface area contributed by atoms with E-state index >= 15 is 0 Å². The van der Waals surface area contributed by atoms with Crippen LogP contribution in [0.5, 0.6) is 0 Å². The molecule has 2 aliphatic heterocycles. The van der Waals surface area contributed by atoms with Crippen molar-refractivity contribution >= 4 is 17.8 Å². The fourth-order valence-electron chi connectivity index (χ4n) is 1.38. The van der Waals surface area contributed by atoms with Crippen molar-refractivity contribution in [2.24, 2.45) is 4.99 Å². The van der Waals surface area contributed by atoms with Crippen molar-refractivity contribution in [3.63, 3.8) is 0 Å². The van der Waals surface area contributed by atoms with E-state index in [1.54, 1.807) is 6.07 Å². The lowest BCUT2D eigenvalue weighted by Crippen LogP contribution is -3.09. The molecular formula is C9H3N5O3. The quantitative estimate of drug-likeness (QED) is 0.377. The number of carbonyl (C=O) groups is 2. The van der Waals surface area contributed by atoms with E-state index in [-0.39, 0.29) is 5.70 Å². The number of hydrogen-bond acceptors (Lipinski definition) is 6. The number of nitriles is 2. The fraction of sp³-hybridized carbons (Fsp3) is 0. The van der Waals surface area contributed by atoms with Crippen LogP contribution in [0.15, 0.2) is 28.5 Å². The molecule has 1 N–H and O–H groups in total. The van der Waals surface area contributed by atoms with Gasteiger partial charge in [0.2, 0.25) is 5.70 Å². The molecule has 1 unspecified atom stereocenters. The number of hydrogen-bond donors (Lipinski definition) is 1. The molecule has 2 rings (SSSR count). The number of guanidine groups is 1. The number of allylic oxidation sites excluding steroid dienone is 2. The normalized spacial score (nSPS) is 22.9. The van der Waals surface area contributed by atoms with Gasteiger partial charge in [-0.25, -0.2) is 0 Å². The molecule has 2 amide bonds. The van der Waals surface area contributed by atoms with Gasteiger partial charge >= 0.3 is 5.96 Å². The van der Waals surface area contributed by atoms with Gasteiger partial charge in [-0.1, -0.05) is 0 Å². The van der Waals surface area contributed by atoms with Gasteiger partial charge in [0.15, 0.2) is 6.07 Å². The van der Waals surface area contributed by atoms with Crippen LogP contribution in [-0.2, 0) is 9.59 Å².